The van der Waals surface area contributed by atoms with Gasteiger partial charge in [0.15, 0.2) is 0 Å². The Balaban J connectivity index is 0.000000146. The molecule has 0 atom stereocenters. The fourth-order valence-electron chi connectivity index (χ4n) is 4.93. The van der Waals surface area contributed by atoms with E-state index in [2.05, 4.69) is 50.3 Å². The molecule has 246 valence electrons. The average molecular weight is 1040 g/mol. The van der Waals surface area contributed by atoms with Gasteiger partial charge in [-0.1, -0.05) is 80.2 Å². The van der Waals surface area contributed by atoms with Crippen LogP contribution in [0.2, 0.25) is 0 Å². The molecule has 3 aromatic carbocycles. The number of rotatable bonds is 4. The van der Waals surface area contributed by atoms with E-state index >= 15 is 0 Å². The van der Waals surface area contributed by atoms with Crippen LogP contribution in [0.5, 0.6) is 0 Å². The average Bonchev–Trinajstić information content (AvgIpc) is 3.79. The molecule has 0 unspecified atom stereocenters. The maximum Gasteiger partial charge on any atom is 2.00 e. The monoisotopic (exact) mass is 1040 g/mol. The van der Waals surface area contributed by atoms with E-state index in [1.165, 1.54) is 19.5 Å². The third-order valence-electron chi connectivity index (χ3n) is 7.20. The smallest absolute Gasteiger partial charge is 0.295 e. The molecule has 0 aliphatic carbocycles. The zero-order chi connectivity index (χ0) is 32.4. The first-order valence-corrected chi connectivity index (χ1v) is 16.9. The molecule has 0 saturated heterocycles. The fraction of sp³-hybridized carbons (Fsp3) is 0. The Morgan fingerprint density at radius 2 is 0.860 bits per heavy atom. The third-order valence-corrected chi connectivity index (χ3v) is 9.34. The Kier molecular flexibility index (Phi) is 13.6. The van der Waals surface area contributed by atoms with Crippen molar-refractivity contribution in [1.82, 2.24) is 19.9 Å². The number of hydrogen-bond donors (Lipinski definition) is 0. The maximum absolute atomic E-state index is 4.33. The number of nitrogens with zero attached hydrogens (tertiary/aromatic N) is 4. The van der Waals surface area contributed by atoms with E-state index in [1.54, 1.807) is 36.1 Å². The molecule has 0 N–H and O–H groups in total. The molecule has 0 amide bonds. The van der Waals surface area contributed by atoms with Gasteiger partial charge >= 0.3 is 42.1 Å². The number of pyridine rings is 4. The van der Waals surface area contributed by atoms with E-state index in [0.717, 1.165) is 45.0 Å². The van der Waals surface area contributed by atoms with Crippen molar-refractivity contribution < 1.29 is 42.1 Å². The fourth-order valence-corrected chi connectivity index (χ4v) is 6.98. The molecule has 0 radical (unpaired) electrons. The van der Waals surface area contributed by atoms with Crippen LogP contribution in [0.4, 0.5) is 0 Å². The van der Waals surface area contributed by atoms with Crippen LogP contribution < -0.4 is 0 Å². The molecule has 0 spiro atoms. The molecule has 4 nitrogen and oxygen atoms in total. The minimum Gasteiger partial charge on any atom is -0.295 e. The van der Waals surface area contributed by atoms with Crippen LogP contribution in [-0.2, 0) is 42.1 Å². The number of thiophene rings is 2. The summed E-state index contributed by atoms with van der Waals surface area (Å²) in [6.45, 7) is 0. The normalized spacial score (nSPS) is 10.1. The first kappa shape index (κ1) is 36.8. The Hall–Kier alpha value is -4.44. The summed E-state index contributed by atoms with van der Waals surface area (Å²) in [5, 5.41) is 4.47. The van der Waals surface area contributed by atoms with Gasteiger partial charge in [0.05, 0.1) is 0 Å². The molecule has 0 bridgehead atoms. The van der Waals surface area contributed by atoms with Crippen LogP contribution in [0.25, 0.3) is 64.5 Å². The van der Waals surface area contributed by atoms with Crippen molar-refractivity contribution in [3.05, 3.63) is 182 Å². The molecule has 6 aromatic heterocycles. The summed E-state index contributed by atoms with van der Waals surface area (Å²) < 4.78 is 2.67. The largest absolute Gasteiger partial charge is 2.00 e. The molecule has 9 aromatic rings. The van der Waals surface area contributed by atoms with Crippen LogP contribution in [0, 0.1) is 24.3 Å². The molecule has 0 saturated carbocycles. The van der Waals surface area contributed by atoms with Gasteiger partial charge in [0.1, 0.15) is 0 Å². The van der Waals surface area contributed by atoms with Gasteiger partial charge in [0.25, 0.3) is 0 Å². The van der Waals surface area contributed by atoms with Crippen molar-refractivity contribution in [2.45, 2.75) is 0 Å². The van der Waals surface area contributed by atoms with Gasteiger partial charge in [-0.3, -0.25) is 31.3 Å². The van der Waals surface area contributed by atoms with E-state index in [1.807, 2.05) is 138 Å². The van der Waals surface area contributed by atoms with Crippen molar-refractivity contribution in [3.8, 4) is 45.0 Å². The molecule has 8 heteroatoms. The van der Waals surface area contributed by atoms with Crippen molar-refractivity contribution in [1.29, 1.82) is 0 Å². The van der Waals surface area contributed by atoms with Crippen molar-refractivity contribution in [3.63, 3.8) is 0 Å². The van der Waals surface area contributed by atoms with Gasteiger partial charge in [-0.15, -0.1) is 65.4 Å². The Morgan fingerprint density at radius 1 is 0.420 bits per heavy atom. The van der Waals surface area contributed by atoms with Crippen LogP contribution >= 0.6 is 22.7 Å². The van der Waals surface area contributed by atoms with E-state index in [9.17, 15) is 0 Å². The summed E-state index contributed by atoms with van der Waals surface area (Å²) in [4.78, 5) is 17.3. The van der Waals surface area contributed by atoms with Crippen molar-refractivity contribution in [2.75, 3.05) is 0 Å². The minimum absolute atomic E-state index is 0. The molecule has 0 aliphatic heterocycles. The number of benzene rings is 3. The van der Waals surface area contributed by atoms with Crippen LogP contribution in [0.1, 0.15) is 0 Å². The Labute approximate surface area is 328 Å². The second kappa shape index (κ2) is 18.5. The molecule has 6 heterocycles. The quantitative estimate of drug-likeness (QED) is 0.165. The van der Waals surface area contributed by atoms with Crippen LogP contribution in [0.15, 0.2) is 158 Å². The van der Waals surface area contributed by atoms with Crippen LogP contribution in [-0.4, -0.2) is 19.9 Å². The summed E-state index contributed by atoms with van der Waals surface area (Å²) in [5.74, 6) is 0. The third kappa shape index (κ3) is 9.21. The predicted molar refractivity (Wildman–Crippen MR) is 198 cm³/mol. The van der Waals surface area contributed by atoms with E-state index in [-0.39, 0.29) is 42.1 Å². The van der Waals surface area contributed by atoms with Crippen molar-refractivity contribution in [2.24, 2.45) is 0 Å². The number of fused-ring (bicyclic) bond motifs is 3. The first-order chi connectivity index (χ1) is 23.8. The molecule has 50 heavy (non-hydrogen) atoms. The van der Waals surface area contributed by atoms with Gasteiger partial charge in [-0.2, -0.15) is 6.07 Å². The summed E-state index contributed by atoms with van der Waals surface area (Å²) in [7, 11) is 0. The molecule has 9 rings (SSSR count). The number of hydrogen-bond acceptors (Lipinski definition) is 6. The summed E-state index contributed by atoms with van der Waals surface area (Å²) in [5.41, 5.74) is 7.64. The standard InChI is InChI=1S/2C16H11N2.C10H4S2.2Pt/c2*1-3-10-17-15(8-1)13-6-5-7-14(12-13)16-9-2-4-11-18-16;1-2-4-9-7(3-1)8-5-6-11-10(8)12-9;;/h2*1-11H;1-2,4,6H;;/q2*-1;-2;2*+2. The summed E-state index contributed by atoms with van der Waals surface area (Å²) in [6, 6.07) is 54.8. The molecular formula is C42H26N4Pt2S2. The molecule has 0 aliphatic rings. The SMILES string of the molecule is [Pt+2].[Pt+2].[c-]1c(-c2ccccn2)cccc1-c1ccccn1.[c-]1c(-c2ccccn2)cccc1-c1ccccn1.[c-]1cccc2sc3sc[c-]c3c12. The Morgan fingerprint density at radius 3 is 1.26 bits per heavy atom. The van der Waals surface area contributed by atoms with E-state index in [0.29, 0.717) is 0 Å². The minimum atomic E-state index is 0. The predicted octanol–water partition coefficient (Wildman–Crippen LogP) is 10.9. The van der Waals surface area contributed by atoms with E-state index < -0.39 is 0 Å². The van der Waals surface area contributed by atoms with Gasteiger partial charge in [-0.05, 0) is 24.3 Å². The van der Waals surface area contributed by atoms with Gasteiger partial charge in [0.2, 0.25) is 0 Å². The van der Waals surface area contributed by atoms with Gasteiger partial charge < -0.3 is 0 Å². The molecular weight excluding hydrogens is 1010 g/mol. The first-order valence-electron chi connectivity index (χ1n) is 15.2. The second-order valence-electron chi connectivity index (χ2n) is 10.4. The van der Waals surface area contributed by atoms with E-state index in [4.69, 9.17) is 0 Å². The number of aromatic nitrogens is 4. The van der Waals surface area contributed by atoms with Gasteiger partial charge in [-0.25, -0.2) is 34.2 Å². The molecule has 0 fully saturated rings. The Bertz CT molecular complexity index is 2120. The summed E-state index contributed by atoms with van der Waals surface area (Å²) >= 11 is 3.58. The zero-order valence-corrected chi connectivity index (χ0v) is 32.4. The maximum atomic E-state index is 4.33. The van der Waals surface area contributed by atoms with Gasteiger partial charge in [0, 0.05) is 47.6 Å². The van der Waals surface area contributed by atoms with Crippen molar-refractivity contribution >= 4 is 42.2 Å². The second-order valence-corrected chi connectivity index (χ2v) is 12.6. The summed E-state index contributed by atoms with van der Waals surface area (Å²) in [6.07, 6.45) is 7.15. The topological polar surface area (TPSA) is 51.6 Å². The zero-order valence-electron chi connectivity index (χ0n) is 26.2. The van der Waals surface area contributed by atoms with Crippen LogP contribution in [0.3, 0.4) is 0 Å².